The molecule has 2 nitrogen and oxygen atoms in total. The molecule has 1 aromatic heterocycles. The van der Waals surface area contributed by atoms with Gasteiger partial charge in [-0.05, 0) is 54.6 Å². The number of H-pyrrole nitrogens is 1. The maximum atomic E-state index is 6.15. The third kappa shape index (κ3) is 4.47. The second-order valence-electron chi connectivity index (χ2n) is 5.19. The van der Waals surface area contributed by atoms with Gasteiger partial charge in [0, 0.05) is 31.2 Å². The summed E-state index contributed by atoms with van der Waals surface area (Å²) in [5.74, 6) is 0. The van der Waals surface area contributed by atoms with Crippen LogP contribution in [0.3, 0.4) is 0 Å². The number of benzene rings is 2. The lowest BCUT2D eigenvalue weighted by atomic mass is 10.2. The van der Waals surface area contributed by atoms with E-state index in [9.17, 15) is 0 Å². The van der Waals surface area contributed by atoms with Crippen LogP contribution >= 0.6 is 46.4 Å². The lowest BCUT2D eigenvalue weighted by molar-refractivity contribution is 1.07. The molecule has 0 atom stereocenters. The molecule has 0 aliphatic carbocycles. The van der Waals surface area contributed by atoms with Crippen molar-refractivity contribution < 1.29 is 0 Å². The lowest BCUT2D eigenvalue weighted by Crippen LogP contribution is -1.78. The van der Waals surface area contributed by atoms with Gasteiger partial charge in [0.1, 0.15) is 0 Å². The molecular formula is C19H12Cl4N2. The Labute approximate surface area is 165 Å². The van der Waals surface area contributed by atoms with Crippen LogP contribution in [0.1, 0.15) is 22.5 Å². The van der Waals surface area contributed by atoms with Gasteiger partial charge in [0.2, 0.25) is 0 Å². The van der Waals surface area contributed by atoms with Crippen molar-refractivity contribution in [2.45, 2.75) is 0 Å². The fourth-order valence-electron chi connectivity index (χ4n) is 2.21. The molecule has 126 valence electrons. The van der Waals surface area contributed by atoms with Gasteiger partial charge < -0.3 is 0 Å². The first kappa shape index (κ1) is 18.1. The molecule has 0 fully saturated rings. The topological polar surface area (TPSA) is 28.7 Å². The van der Waals surface area contributed by atoms with Crippen molar-refractivity contribution in [3.8, 4) is 0 Å². The van der Waals surface area contributed by atoms with Crippen LogP contribution < -0.4 is 0 Å². The van der Waals surface area contributed by atoms with Crippen LogP contribution in [0.25, 0.3) is 24.3 Å². The molecule has 0 saturated carbocycles. The molecule has 3 rings (SSSR count). The first-order valence-corrected chi connectivity index (χ1v) is 8.85. The third-order valence-electron chi connectivity index (χ3n) is 3.47. The first-order chi connectivity index (χ1) is 12.0. The molecule has 0 aliphatic rings. The number of nitrogens with zero attached hydrogens (tertiary/aromatic N) is 1. The second kappa shape index (κ2) is 8.11. The highest BCUT2D eigenvalue weighted by atomic mass is 35.5. The van der Waals surface area contributed by atoms with E-state index in [1.54, 1.807) is 36.4 Å². The molecule has 0 radical (unpaired) electrons. The molecule has 25 heavy (non-hydrogen) atoms. The zero-order valence-corrected chi connectivity index (χ0v) is 15.8. The molecule has 3 aromatic rings. The number of hydrogen-bond acceptors (Lipinski definition) is 1. The number of aromatic nitrogens is 2. The average Bonchev–Trinajstić information content (AvgIpc) is 3.02. The van der Waals surface area contributed by atoms with E-state index in [1.165, 1.54) is 0 Å². The van der Waals surface area contributed by atoms with E-state index in [0.717, 1.165) is 22.5 Å². The molecule has 0 unspecified atom stereocenters. The average molecular weight is 410 g/mol. The van der Waals surface area contributed by atoms with E-state index in [4.69, 9.17) is 46.4 Å². The zero-order valence-electron chi connectivity index (χ0n) is 12.8. The number of hydrogen-bond donors (Lipinski definition) is 1. The molecule has 0 saturated heterocycles. The molecule has 2 aromatic carbocycles. The smallest absolute Gasteiger partial charge is 0.0854 e. The molecule has 1 heterocycles. The fraction of sp³-hybridized carbons (Fsp3) is 0. The molecular weight excluding hydrogens is 398 g/mol. The fourth-order valence-corrected chi connectivity index (χ4v) is 3.25. The van der Waals surface area contributed by atoms with Crippen LogP contribution in [0.5, 0.6) is 0 Å². The minimum atomic E-state index is 0.591. The highest BCUT2D eigenvalue weighted by Crippen LogP contribution is 2.27. The van der Waals surface area contributed by atoms with E-state index >= 15 is 0 Å². The Morgan fingerprint density at radius 2 is 1.16 bits per heavy atom. The summed E-state index contributed by atoms with van der Waals surface area (Å²) in [7, 11) is 0. The van der Waals surface area contributed by atoms with E-state index in [2.05, 4.69) is 10.2 Å². The number of aromatic amines is 1. The van der Waals surface area contributed by atoms with Gasteiger partial charge >= 0.3 is 0 Å². The Kier molecular flexibility index (Phi) is 5.87. The van der Waals surface area contributed by atoms with Crippen LogP contribution in [0, 0.1) is 0 Å². The van der Waals surface area contributed by atoms with Crippen LogP contribution in [0.2, 0.25) is 20.1 Å². The first-order valence-electron chi connectivity index (χ1n) is 7.34. The summed E-state index contributed by atoms with van der Waals surface area (Å²) in [4.78, 5) is 0. The standard InChI is InChI=1S/C19H12Cl4N2/c20-16-3-1-4-17(21)14(16)9-7-12-11-13(25-24-12)8-10-15-18(22)5-2-6-19(15)23/h1-11H,(H,24,25)/b9-7+,10-8+. The van der Waals surface area contributed by atoms with E-state index in [0.29, 0.717) is 20.1 Å². The highest BCUT2D eigenvalue weighted by molar-refractivity contribution is 6.37. The molecule has 1 N–H and O–H groups in total. The predicted octanol–water partition coefficient (Wildman–Crippen LogP) is 7.36. The van der Waals surface area contributed by atoms with Crippen molar-refractivity contribution in [2.75, 3.05) is 0 Å². The van der Waals surface area contributed by atoms with Gasteiger partial charge in [0.25, 0.3) is 0 Å². The molecule has 0 spiro atoms. The number of nitrogens with one attached hydrogen (secondary N) is 1. The summed E-state index contributed by atoms with van der Waals surface area (Å²) in [6.07, 6.45) is 7.37. The van der Waals surface area contributed by atoms with Crippen LogP contribution in [0.4, 0.5) is 0 Å². The molecule has 0 bridgehead atoms. The normalized spacial score (nSPS) is 11.7. The maximum absolute atomic E-state index is 6.15. The third-order valence-corrected chi connectivity index (χ3v) is 4.79. The highest BCUT2D eigenvalue weighted by Gasteiger charge is 2.03. The van der Waals surface area contributed by atoms with Crippen molar-refractivity contribution in [1.82, 2.24) is 10.2 Å². The summed E-state index contributed by atoms with van der Waals surface area (Å²) in [6, 6.07) is 12.7. The minimum Gasteiger partial charge on any atom is -0.278 e. The van der Waals surface area contributed by atoms with Crippen molar-refractivity contribution >= 4 is 70.7 Å². The predicted molar refractivity (Wildman–Crippen MR) is 109 cm³/mol. The van der Waals surface area contributed by atoms with Crippen LogP contribution in [-0.4, -0.2) is 10.2 Å². The molecule has 0 aliphatic heterocycles. The minimum absolute atomic E-state index is 0.591. The Balaban J connectivity index is 1.79. The van der Waals surface area contributed by atoms with Gasteiger partial charge in [-0.1, -0.05) is 58.5 Å². The zero-order chi connectivity index (χ0) is 17.8. The second-order valence-corrected chi connectivity index (χ2v) is 6.81. The Bertz CT molecular complexity index is 841. The van der Waals surface area contributed by atoms with E-state index in [-0.39, 0.29) is 0 Å². The van der Waals surface area contributed by atoms with Crippen molar-refractivity contribution in [3.63, 3.8) is 0 Å². The van der Waals surface area contributed by atoms with E-state index < -0.39 is 0 Å². The van der Waals surface area contributed by atoms with Gasteiger partial charge in [-0.15, -0.1) is 0 Å². The lowest BCUT2D eigenvalue weighted by Gasteiger charge is -2.00. The van der Waals surface area contributed by atoms with Gasteiger partial charge in [0.15, 0.2) is 0 Å². The summed E-state index contributed by atoms with van der Waals surface area (Å²) in [5.41, 5.74) is 3.09. The van der Waals surface area contributed by atoms with Crippen molar-refractivity contribution in [1.29, 1.82) is 0 Å². The molecule has 6 heteroatoms. The SMILES string of the molecule is Clc1cccc(Cl)c1/C=C/c1cc(/C=C/c2c(Cl)cccc2Cl)[nH]n1. The Morgan fingerprint density at radius 1 is 0.680 bits per heavy atom. The van der Waals surface area contributed by atoms with Crippen LogP contribution in [-0.2, 0) is 0 Å². The largest absolute Gasteiger partial charge is 0.278 e. The quantitative estimate of drug-likeness (QED) is 0.478. The molecule has 0 amide bonds. The van der Waals surface area contributed by atoms with Crippen molar-refractivity contribution in [2.24, 2.45) is 0 Å². The Morgan fingerprint density at radius 3 is 1.68 bits per heavy atom. The summed E-state index contributed by atoms with van der Waals surface area (Å²) in [6.45, 7) is 0. The van der Waals surface area contributed by atoms with E-state index in [1.807, 2.05) is 30.4 Å². The summed E-state index contributed by atoms with van der Waals surface area (Å²) < 4.78 is 0. The van der Waals surface area contributed by atoms with Gasteiger partial charge in [-0.2, -0.15) is 5.10 Å². The van der Waals surface area contributed by atoms with Crippen molar-refractivity contribution in [3.05, 3.63) is 85.1 Å². The van der Waals surface area contributed by atoms with Gasteiger partial charge in [-0.3, -0.25) is 5.10 Å². The summed E-state index contributed by atoms with van der Waals surface area (Å²) >= 11 is 24.6. The number of rotatable bonds is 4. The summed E-state index contributed by atoms with van der Waals surface area (Å²) in [5, 5.41) is 9.54. The van der Waals surface area contributed by atoms with Gasteiger partial charge in [0.05, 0.1) is 11.4 Å². The van der Waals surface area contributed by atoms with Gasteiger partial charge in [-0.25, -0.2) is 0 Å². The number of halogens is 4. The Hall–Kier alpha value is -1.71. The monoisotopic (exact) mass is 408 g/mol. The maximum Gasteiger partial charge on any atom is 0.0854 e. The van der Waals surface area contributed by atoms with Crippen LogP contribution in [0.15, 0.2) is 42.5 Å².